The molecule has 0 bridgehead atoms. The van der Waals surface area contributed by atoms with Crippen LogP contribution in [0.15, 0.2) is 30.3 Å². The number of alkyl halides is 1. The van der Waals surface area contributed by atoms with Crippen molar-refractivity contribution in [3.8, 4) is 0 Å². The SMILES string of the molecule is CCOC(=O)C(C)(CC(C)CF)c1ccccc1. The van der Waals surface area contributed by atoms with Crippen LogP contribution >= 0.6 is 0 Å². The maximum absolute atomic E-state index is 12.7. The first-order valence-corrected chi connectivity index (χ1v) is 6.33. The van der Waals surface area contributed by atoms with E-state index >= 15 is 0 Å². The van der Waals surface area contributed by atoms with Crippen molar-refractivity contribution in [3.05, 3.63) is 35.9 Å². The molecule has 1 aromatic rings. The smallest absolute Gasteiger partial charge is 0.316 e. The predicted molar refractivity (Wildman–Crippen MR) is 70.2 cm³/mol. The van der Waals surface area contributed by atoms with E-state index in [-0.39, 0.29) is 11.9 Å². The maximum atomic E-state index is 12.7. The van der Waals surface area contributed by atoms with Gasteiger partial charge in [-0.05, 0) is 31.7 Å². The van der Waals surface area contributed by atoms with Gasteiger partial charge in [-0.3, -0.25) is 9.18 Å². The van der Waals surface area contributed by atoms with E-state index in [1.807, 2.05) is 37.3 Å². The molecule has 2 nitrogen and oxygen atoms in total. The van der Waals surface area contributed by atoms with Crippen LogP contribution in [0.1, 0.15) is 32.8 Å². The Labute approximate surface area is 108 Å². The van der Waals surface area contributed by atoms with Crippen molar-refractivity contribution in [2.75, 3.05) is 13.3 Å². The van der Waals surface area contributed by atoms with Gasteiger partial charge in [0.25, 0.3) is 0 Å². The first kappa shape index (κ1) is 14.7. The number of benzene rings is 1. The normalized spacial score (nSPS) is 15.8. The van der Waals surface area contributed by atoms with Gasteiger partial charge in [-0.15, -0.1) is 0 Å². The zero-order chi connectivity index (χ0) is 13.6. The lowest BCUT2D eigenvalue weighted by Crippen LogP contribution is -2.36. The number of ether oxygens (including phenoxy) is 1. The number of esters is 1. The quantitative estimate of drug-likeness (QED) is 0.724. The van der Waals surface area contributed by atoms with Crippen LogP contribution in [0.2, 0.25) is 0 Å². The van der Waals surface area contributed by atoms with Gasteiger partial charge in [-0.2, -0.15) is 0 Å². The van der Waals surface area contributed by atoms with E-state index < -0.39 is 12.1 Å². The second-order valence-electron chi connectivity index (χ2n) is 4.88. The van der Waals surface area contributed by atoms with Gasteiger partial charge in [-0.1, -0.05) is 37.3 Å². The van der Waals surface area contributed by atoms with E-state index in [4.69, 9.17) is 4.74 Å². The monoisotopic (exact) mass is 252 g/mol. The van der Waals surface area contributed by atoms with Crippen LogP contribution in [0.5, 0.6) is 0 Å². The van der Waals surface area contributed by atoms with E-state index in [9.17, 15) is 9.18 Å². The molecule has 0 saturated heterocycles. The zero-order valence-electron chi connectivity index (χ0n) is 11.3. The van der Waals surface area contributed by atoms with E-state index in [1.54, 1.807) is 13.8 Å². The largest absolute Gasteiger partial charge is 0.465 e. The Morgan fingerprint density at radius 1 is 1.39 bits per heavy atom. The summed E-state index contributed by atoms with van der Waals surface area (Å²) in [5.74, 6) is -0.448. The molecule has 0 aliphatic heterocycles. The summed E-state index contributed by atoms with van der Waals surface area (Å²) >= 11 is 0. The van der Waals surface area contributed by atoms with Crippen molar-refractivity contribution in [2.24, 2.45) is 5.92 Å². The summed E-state index contributed by atoms with van der Waals surface area (Å²) in [5, 5.41) is 0. The fraction of sp³-hybridized carbons (Fsp3) is 0.533. The van der Waals surface area contributed by atoms with Crippen molar-refractivity contribution in [2.45, 2.75) is 32.6 Å². The molecule has 1 rings (SSSR count). The first-order chi connectivity index (χ1) is 8.54. The first-order valence-electron chi connectivity index (χ1n) is 6.33. The maximum Gasteiger partial charge on any atom is 0.316 e. The Bertz CT molecular complexity index is 377. The van der Waals surface area contributed by atoms with Crippen LogP contribution < -0.4 is 0 Å². The fourth-order valence-electron chi connectivity index (χ4n) is 2.17. The van der Waals surface area contributed by atoms with E-state index in [0.29, 0.717) is 13.0 Å². The third kappa shape index (κ3) is 3.31. The van der Waals surface area contributed by atoms with Crippen LogP contribution in [-0.4, -0.2) is 19.3 Å². The Balaban J connectivity index is 3.05. The van der Waals surface area contributed by atoms with Crippen molar-refractivity contribution < 1.29 is 13.9 Å². The molecule has 2 unspecified atom stereocenters. The summed E-state index contributed by atoms with van der Waals surface area (Å²) in [6.07, 6.45) is 0.451. The molecule has 0 spiro atoms. The molecule has 0 aliphatic carbocycles. The number of rotatable bonds is 6. The highest BCUT2D eigenvalue weighted by atomic mass is 19.1. The Hall–Kier alpha value is -1.38. The van der Waals surface area contributed by atoms with Crippen molar-refractivity contribution in [1.82, 2.24) is 0 Å². The third-order valence-corrected chi connectivity index (χ3v) is 3.16. The lowest BCUT2D eigenvalue weighted by atomic mass is 9.76. The molecule has 0 aromatic heterocycles. The minimum absolute atomic E-state index is 0.167. The summed E-state index contributed by atoms with van der Waals surface area (Å²) < 4.78 is 17.9. The fourth-order valence-corrected chi connectivity index (χ4v) is 2.17. The molecule has 0 heterocycles. The zero-order valence-corrected chi connectivity index (χ0v) is 11.3. The molecule has 2 atom stereocenters. The minimum Gasteiger partial charge on any atom is -0.465 e. The lowest BCUT2D eigenvalue weighted by Gasteiger charge is -2.29. The van der Waals surface area contributed by atoms with Crippen LogP contribution in [0.3, 0.4) is 0 Å². The molecule has 18 heavy (non-hydrogen) atoms. The standard InChI is InChI=1S/C15H21FO2/c1-4-18-14(17)15(3,10-12(2)11-16)13-8-6-5-7-9-13/h5-9,12H,4,10-11H2,1-3H3. The van der Waals surface area contributed by atoms with Crippen LogP contribution in [0.25, 0.3) is 0 Å². The molecule has 0 aliphatic rings. The van der Waals surface area contributed by atoms with E-state index in [0.717, 1.165) is 5.56 Å². The van der Waals surface area contributed by atoms with Crippen molar-refractivity contribution in [3.63, 3.8) is 0 Å². The van der Waals surface area contributed by atoms with Gasteiger partial charge < -0.3 is 4.74 Å². The van der Waals surface area contributed by atoms with E-state index in [1.165, 1.54) is 0 Å². The summed E-state index contributed by atoms with van der Waals surface area (Å²) in [4.78, 5) is 12.2. The van der Waals surface area contributed by atoms with Gasteiger partial charge in [0.05, 0.1) is 18.7 Å². The molecular weight excluding hydrogens is 231 g/mol. The topological polar surface area (TPSA) is 26.3 Å². The Morgan fingerprint density at radius 2 is 2.00 bits per heavy atom. The Kier molecular flexibility index (Phi) is 5.32. The molecule has 3 heteroatoms. The third-order valence-electron chi connectivity index (χ3n) is 3.16. The average molecular weight is 252 g/mol. The van der Waals surface area contributed by atoms with Crippen LogP contribution in [-0.2, 0) is 14.9 Å². The van der Waals surface area contributed by atoms with Gasteiger partial charge >= 0.3 is 5.97 Å². The second kappa shape index (κ2) is 6.53. The number of hydrogen-bond acceptors (Lipinski definition) is 2. The predicted octanol–water partition coefficient (Wildman–Crippen LogP) is 3.50. The number of carbonyl (C=O) groups excluding carboxylic acids is 1. The molecule has 0 N–H and O–H groups in total. The van der Waals surface area contributed by atoms with Crippen molar-refractivity contribution in [1.29, 1.82) is 0 Å². The summed E-state index contributed by atoms with van der Waals surface area (Å²) in [5.41, 5.74) is 0.103. The molecule has 0 amide bonds. The van der Waals surface area contributed by atoms with Crippen LogP contribution in [0.4, 0.5) is 4.39 Å². The molecule has 100 valence electrons. The van der Waals surface area contributed by atoms with Gasteiger partial charge in [0.15, 0.2) is 0 Å². The van der Waals surface area contributed by atoms with Gasteiger partial charge in [-0.25, -0.2) is 0 Å². The highest BCUT2D eigenvalue weighted by Gasteiger charge is 2.37. The van der Waals surface area contributed by atoms with Gasteiger partial charge in [0.2, 0.25) is 0 Å². The van der Waals surface area contributed by atoms with Crippen LogP contribution in [0, 0.1) is 5.92 Å². The number of carbonyl (C=O) groups is 1. The summed E-state index contributed by atoms with van der Waals surface area (Å²) in [6, 6.07) is 9.44. The van der Waals surface area contributed by atoms with E-state index in [2.05, 4.69) is 0 Å². The summed E-state index contributed by atoms with van der Waals surface area (Å²) in [7, 11) is 0. The van der Waals surface area contributed by atoms with Gasteiger partial charge in [0.1, 0.15) is 0 Å². The van der Waals surface area contributed by atoms with Crippen molar-refractivity contribution >= 4 is 5.97 Å². The summed E-state index contributed by atoms with van der Waals surface area (Å²) in [6.45, 7) is 5.32. The number of hydrogen-bond donors (Lipinski definition) is 0. The lowest BCUT2D eigenvalue weighted by molar-refractivity contribution is -0.150. The average Bonchev–Trinajstić information content (AvgIpc) is 2.39. The Morgan fingerprint density at radius 3 is 2.50 bits per heavy atom. The molecular formula is C15H21FO2. The molecule has 0 radical (unpaired) electrons. The highest BCUT2D eigenvalue weighted by molar-refractivity contribution is 5.82. The minimum atomic E-state index is -0.775. The number of halogens is 1. The second-order valence-corrected chi connectivity index (χ2v) is 4.88. The molecule has 0 saturated carbocycles. The highest BCUT2D eigenvalue weighted by Crippen LogP contribution is 2.32. The van der Waals surface area contributed by atoms with Gasteiger partial charge in [0, 0.05) is 0 Å². The molecule has 0 fully saturated rings. The molecule has 1 aromatic carbocycles.